The Bertz CT molecular complexity index is 544. The van der Waals surface area contributed by atoms with Gasteiger partial charge >= 0.3 is 0 Å². The van der Waals surface area contributed by atoms with E-state index in [0.29, 0.717) is 16.7 Å². The molecular formula is C15H22O4S2. The number of ketones is 1. The molecule has 0 saturated carbocycles. The first-order valence-electron chi connectivity index (χ1n) is 7.01. The summed E-state index contributed by atoms with van der Waals surface area (Å²) in [4.78, 5) is 10.8. The maximum Gasteiger partial charge on any atom is 0.181 e. The molecule has 1 heterocycles. The van der Waals surface area contributed by atoms with Crippen LogP contribution in [0, 0.1) is 6.92 Å². The van der Waals surface area contributed by atoms with E-state index in [9.17, 15) is 17.8 Å². The van der Waals surface area contributed by atoms with E-state index < -0.39 is 10.1 Å². The Morgan fingerprint density at radius 1 is 1.19 bits per heavy atom. The highest BCUT2D eigenvalue weighted by Crippen LogP contribution is 2.13. The predicted octanol–water partition coefficient (Wildman–Crippen LogP) is 2.28. The summed E-state index contributed by atoms with van der Waals surface area (Å²) in [5, 5.41) is 0. The Kier molecular flexibility index (Phi) is 7.42. The fraction of sp³-hybridized carbons (Fsp3) is 0.533. The minimum atomic E-state index is -4.27. The third-order valence-corrected chi connectivity index (χ3v) is 6.50. The van der Waals surface area contributed by atoms with Crippen LogP contribution < -0.4 is 0 Å². The molecule has 2 rings (SSSR count). The molecule has 0 unspecified atom stereocenters. The summed E-state index contributed by atoms with van der Waals surface area (Å²) in [5.74, 6) is 4.00. The maximum atomic E-state index is 11.0. The monoisotopic (exact) mass is 330 g/mol. The van der Waals surface area contributed by atoms with Gasteiger partial charge in [0.1, 0.15) is 21.6 Å². The lowest BCUT2D eigenvalue weighted by Crippen LogP contribution is -2.16. The first-order chi connectivity index (χ1) is 9.82. The molecule has 0 atom stereocenters. The molecule has 0 amide bonds. The van der Waals surface area contributed by atoms with Gasteiger partial charge in [-0.05, 0) is 42.8 Å². The van der Waals surface area contributed by atoms with Crippen LogP contribution in [0.25, 0.3) is 0 Å². The Hall–Kier alpha value is -0.850. The van der Waals surface area contributed by atoms with Gasteiger partial charge in [0.15, 0.2) is 11.5 Å². The summed E-state index contributed by atoms with van der Waals surface area (Å²) in [6, 6.07) is 5.78. The highest BCUT2D eigenvalue weighted by molar-refractivity contribution is 7.97. The van der Waals surface area contributed by atoms with Crippen LogP contribution in [-0.2, 0) is 25.8 Å². The van der Waals surface area contributed by atoms with E-state index >= 15 is 0 Å². The van der Waals surface area contributed by atoms with Crippen molar-refractivity contribution in [3.05, 3.63) is 29.8 Å². The van der Waals surface area contributed by atoms with Crippen LogP contribution in [0.4, 0.5) is 0 Å². The molecule has 1 aromatic rings. The lowest BCUT2D eigenvalue weighted by Gasteiger charge is -2.05. The van der Waals surface area contributed by atoms with E-state index in [4.69, 9.17) is 0 Å². The average molecular weight is 330 g/mol. The molecular weight excluding hydrogens is 308 g/mol. The lowest BCUT2D eigenvalue weighted by atomic mass is 10.2. The fourth-order valence-electron chi connectivity index (χ4n) is 1.89. The molecule has 6 heteroatoms. The molecule has 1 fully saturated rings. The number of Topliss-reactive ketones (excluding diaryl/α,β-unsaturated/α-hetero) is 1. The topological polar surface area (TPSA) is 74.3 Å². The van der Waals surface area contributed by atoms with Gasteiger partial charge < -0.3 is 4.55 Å². The van der Waals surface area contributed by atoms with Crippen molar-refractivity contribution in [3.8, 4) is 0 Å². The number of hydrogen-bond acceptors (Lipinski definition) is 4. The number of hydrogen-bond donors (Lipinski definition) is 0. The summed E-state index contributed by atoms with van der Waals surface area (Å²) < 4.78 is 31.2. The first-order valence-corrected chi connectivity index (χ1v) is 10.2. The molecule has 4 nitrogen and oxygen atoms in total. The van der Waals surface area contributed by atoms with Gasteiger partial charge in [0.25, 0.3) is 0 Å². The van der Waals surface area contributed by atoms with Crippen molar-refractivity contribution >= 4 is 26.8 Å². The van der Waals surface area contributed by atoms with Crippen LogP contribution >= 0.6 is 0 Å². The number of rotatable bonds is 4. The summed E-state index contributed by atoms with van der Waals surface area (Å²) in [7, 11) is -3.78. The second kappa shape index (κ2) is 8.56. The third kappa shape index (κ3) is 7.11. The number of benzene rings is 1. The van der Waals surface area contributed by atoms with Crippen molar-refractivity contribution in [1.29, 1.82) is 0 Å². The number of aryl methyl sites for hydroxylation is 1. The van der Waals surface area contributed by atoms with Crippen LogP contribution in [0.5, 0.6) is 0 Å². The van der Waals surface area contributed by atoms with Crippen molar-refractivity contribution in [2.45, 2.75) is 38.0 Å². The molecule has 21 heavy (non-hydrogen) atoms. The van der Waals surface area contributed by atoms with E-state index in [0.717, 1.165) is 17.7 Å². The third-order valence-electron chi connectivity index (χ3n) is 3.19. The van der Waals surface area contributed by atoms with Gasteiger partial charge in [-0.1, -0.05) is 24.6 Å². The number of carbonyl (C=O) groups is 1. The Labute approximate surface area is 130 Å². The van der Waals surface area contributed by atoms with Crippen LogP contribution in [0.15, 0.2) is 29.2 Å². The van der Waals surface area contributed by atoms with Crippen molar-refractivity contribution in [2.75, 3.05) is 17.3 Å². The van der Waals surface area contributed by atoms with E-state index in [1.165, 1.54) is 36.5 Å². The average Bonchev–Trinajstić information content (AvgIpc) is 2.91. The van der Waals surface area contributed by atoms with E-state index in [1.807, 2.05) is 13.8 Å². The second-order valence-corrected chi connectivity index (χ2v) is 8.74. The summed E-state index contributed by atoms with van der Waals surface area (Å²) in [5.41, 5.74) is 0.928. The number of carbonyl (C=O) groups excluding carboxylic acids is 1. The molecule has 1 aromatic carbocycles. The molecule has 0 aromatic heterocycles. The highest BCUT2D eigenvalue weighted by atomic mass is 32.2. The van der Waals surface area contributed by atoms with Crippen LogP contribution in [-0.4, -0.2) is 36.0 Å². The smallest absolute Gasteiger partial charge is 0.181 e. The fourth-order valence-corrected chi connectivity index (χ4v) is 4.74. The van der Waals surface area contributed by atoms with Crippen LogP contribution in [0.1, 0.15) is 31.7 Å². The van der Waals surface area contributed by atoms with Gasteiger partial charge in [0, 0.05) is 6.42 Å². The zero-order valence-electron chi connectivity index (χ0n) is 12.5. The second-order valence-electron chi connectivity index (χ2n) is 5.03. The van der Waals surface area contributed by atoms with Gasteiger partial charge in [-0.15, -0.1) is 0 Å². The first kappa shape index (κ1) is 18.2. The Morgan fingerprint density at radius 3 is 2.14 bits per heavy atom. The maximum absolute atomic E-state index is 11.0. The van der Waals surface area contributed by atoms with Crippen LogP contribution in [0.3, 0.4) is 0 Å². The van der Waals surface area contributed by atoms with Gasteiger partial charge in [-0.2, -0.15) is 0 Å². The van der Waals surface area contributed by atoms with E-state index in [1.54, 1.807) is 12.1 Å². The zero-order chi connectivity index (χ0) is 15.9. The minimum Gasteiger partial charge on any atom is -0.744 e. The Morgan fingerprint density at radius 2 is 1.71 bits per heavy atom. The van der Waals surface area contributed by atoms with Gasteiger partial charge in [-0.3, -0.25) is 4.79 Å². The Balaban J connectivity index is 0.000000211. The largest absolute Gasteiger partial charge is 0.744 e. The SMILES string of the molecule is CCC(=O)C[S+]1CCCC1.Cc1ccc(S(=O)(=O)[O-])cc1. The van der Waals surface area contributed by atoms with Crippen molar-refractivity contribution in [1.82, 2.24) is 0 Å². The molecule has 118 valence electrons. The highest BCUT2D eigenvalue weighted by Gasteiger charge is 2.25. The quantitative estimate of drug-likeness (QED) is 0.627. The van der Waals surface area contributed by atoms with E-state index in [2.05, 4.69) is 0 Å². The minimum absolute atomic E-state index is 0.178. The van der Waals surface area contributed by atoms with Crippen molar-refractivity contribution in [3.63, 3.8) is 0 Å². The molecule has 0 aliphatic carbocycles. The lowest BCUT2D eigenvalue weighted by molar-refractivity contribution is -0.116. The zero-order valence-corrected chi connectivity index (χ0v) is 14.1. The summed E-state index contributed by atoms with van der Waals surface area (Å²) in [6.07, 6.45) is 3.46. The van der Waals surface area contributed by atoms with E-state index in [-0.39, 0.29) is 4.90 Å². The molecule has 1 aliphatic heterocycles. The van der Waals surface area contributed by atoms with Gasteiger partial charge in [0.2, 0.25) is 0 Å². The summed E-state index contributed by atoms with van der Waals surface area (Å²) in [6.45, 7) is 3.78. The molecule has 0 N–H and O–H groups in total. The van der Waals surface area contributed by atoms with Gasteiger partial charge in [0.05, 0.1) is 4.90 Å². The van der Waals surface area contributed by atoms with Gasteiger partial charge in [-0.25, -0.2) is 8.42 Å². The van der Waals surface area contributed by atoms with Crippen molar-refractivity contribution in [2.24, 2.45) is 0 Å². The molecule has 1 aliphatic rings. The van der Waals surface area contributed by atoms with Crippen LogP contribution in [0.2, 0.25) is 0 Å². The normalized spacial score (nSPS) is 15.4. The molecule has 0 spiro atoms. The van der Waals surface area contributed by atoms with Crippen molar-refractivity contribution < 1.29 is 17.8 Å². The molecule has 1 saturated heterocycles. The summed E-state index contributed by atoms with van der Waals surface area (Å²) >= 11 is 0. The predicted molar refractivity (Wildman–Crippen MR) is 85.6 cm³/mol. The molecule has 0 radical (unpaired) electrons. The molecule has 0 bridgehead atoms. The standard InChI is InChI=1S/C8H15OS.C7H8O3S/c1-2-8(9)7-10-5-3-4-6-10;1-6-2-4-7(5-3-6)11(8,9)10/h2-7H2,1H3;2-5H,1H3,(H,8,9,10)/q+1;/p-1.